The first kappa shape index (κ1) is 11.4. The van der Waals surface area contributed by atoms with Crippen molar-refractivity contribution < 1.29 is 4.79 Å². The SMILES string of the molecule is O=C(Nc1ccccc1Br)c1cn2ccsc2n1. The van der Waals surface area contributed by atoms with Gasteiger partial charge in [0.05, 0.1) is 5.69 Å². The highest BCUT2D eigenvalue weighted by molar-refractivity contribution is 9.10. The summed E-state index contributed by atoms with van der Waals surface area (Å²) < 4.78 is 2.68. The second-order valence-electron chi connectivity index (χ2n) is 3.65. The fourth-order valence-electron chi connectivity index (χ4n) is 1.59. The van der Waals surface area contributed by atoms with Crippen molar-refractivity contribution in [3.05, 3.63) is 52.2 Å². The van der Waals surface area contributed by atoms with Gasteiger partial charge < -0.3 is 5.32 Å². The predicted molar refractivity (Wildman–Crippen MR) is 75.2 cm³/mol. The summed E-state index contributed by atoms with van der Waals surface area (Å²) in [5, 5.41) is 4.75. The van der Waals surface area contributed by atoms with Gasteiger partial charge in [-0.25, -0.2) is 4.98 Å². The molecule has 0 aliphatic heterocycles. The molecule has 0 atom stereocenters. The Morgan fingerprint density at radius 3 is 3.00 bits per heavy atom. The van der Waals surface area contributed by atoms with Gasteiger partial charge >= 0.3 is 0 Å². The molecule has 0 aliphatic rings. The molecule has 0 aliphatic carbocycles. The lowest BCUT2D eigenvalue weighted by molar-refractivity contribution is 0.102. The summed E-state index contributed by atoms with van der Waals surface area (Å²) >= 11 is 4.88. The van der Waals surface area contributed by atoms with Crippen molar-refractivity contribution in [1.82, 2.24) is 9.38 Å². The summed E-state index contributed by atoms with van der Waals surface area (Å²) in [4.78, 5) is 17.1. The lowest BCUT2D eigenvalue weighted by Crippen LogP contribution is -2.12. The van der Waals surface area contributed by atoms with Gasteiger partial charge in [-0.2, -0.15) is 0 Å². The standard InChI is InChI=1S/C12H8BrN3OS/c13-8-3-1-2-4-9(8)14-11(17)10-7-16-5-6-18-12(16)15-10/h1-7H,(H,14,17). The minimum Gasteiger partial charge on any atom is -0.320 e. The molecule has 6 heteroatoms. The van der Waals surface area contributed by atoms with E-state index < -0.39 is 0 Å². The Labute approximate surface area is 115 Å². The Hall–Kier alpha value is -1.66. The highest BCUT2D eigenvalue weighted by Crippen LogP contribution is 2.22. The molecule has 0 unspecified atom stereocenters. The Morgan fingerprint density at radius 1 is 1.39 bits per heavy atom. The number of carbonyl (C=O) groups is 1. The molecule has 3 aromatic rings. The zero-order valence-corrected chi connectivity index (χ0v) is 11.5. The molecule has 2 heterocycles. The lowest BCUT2D eigenvalue weighted by atomic mass is 10.3. The molecule has 18 heavy (non-hydrogen) atoms. The number of nitrogens with one attached hydrogen (secondary N) is 1. The number of para-hydroxylation sites is 1. The number of imidazole rings is 1. The van der Waals surface area contributed by atoms with Gasteiger partial charge in [0.15, 0.2) is 4.96 Å². The van der Waals surface area contributed by atoms with Crippen molar-refractivity contribution in [2.24, 2.45) is 0 Å². The monoisotopic (exact) mass is 321 g/mol. The van der Waals surface area contributed by atoms with Crippen LogP contribution in [-0.4, -0.2) is 15.3 Å². The van der Waals surface area contributed by atoms with Crippen LogP contribution in [0.2, 0.25) is 0 Å². The van der Waals surface area contributed by atoms with Crippen LogP contribution in [0.3, 0.4) is 0 Å². The van der Waals surface area contributed by atoms with Gasteiger partial charge in [-0.1, -0.05) is 12.1 Å². The largest absolute Gasteiger partial charge is 0.320 e. The summed E-state index contributed by atoms with van der Waals surface area (Å²) in [5.74, 6) is -0.210. The zero-order chi connectivity index (χ0) is 12.5. The van der Waals surface area contributed by atoms with Crippen molar-refractivity contribution in [3.8, 4) is 0 Å². The third-order valence-corrected chi connectivity index (χ3v) is 3.91. The van der Waals surface area contributed by atoms with Crippen molar-refractivity contribution in [2.75, 3.05) is 5.32 Å². The first-order valence-corrected chi connectivity index (χ1v) is 6.89. The Kier molecular flexibility index (Phi) is 2.89. The number of benzene rings is 1. The Bertz CT molecular complexity index is 690. The maximum absolute atomic E-state index is 12.0. The lowest BCUT2D eigenvalue weighted by Gasteiger charge is -2.04. The number of carbonyl (C=O) groups excluding carboxylic acids is 1. The van der Waals surface area contributed by atoms with Crippen molar-refractivity contribution in [2.45, 2.75) is 0 Å². The van der Waals surface area contributed by atoms with E-state index in [-0.39, 0.29) is 5.91 Å². The van der Waals surface area contributed by atoms with Gasteiger partial charge in [-0.3, -0.25) is 9.20 Å². The predicted octanol–water partition coefficient (Wildman–Crippen LogP) is 3.41. The van der Waals surface area contributed by atoms with Crippen LogP contribution >= 0.6 is 27.3 Å². The molecule has 4 nitrogen and oxygen atoms in total. The number of rotatable bonds is 2. The summed E-state index contributed by atoms with van der Waals surface area (Å²) in [6.45, 7) is 0. The first-order chi connectivity index (χ1) is 8.74. The van der Waals surface area contributed by atoms with E-state index in [2.05, 4.69) is 26.2 Å². The quantitative estimate of drug-likeness (QED) is 0.786. The van der Waals surface area contributed by atoms with E-state index in [1.165, 1.54) is 11.3 Å². The molecule has 1 N–H and O–H groups in total. The number of nitrogens with zero attached hydrogens (tertiary/aromatic N) is 2. The molecular weight excluding hydrogens is 314 g/mol. The average Bonchev–Trinajstić information content (AvgIpc) is 2.92. The van der Waals surface area contributed by atoms with Crippen LogP contribution in [-0.2, 0) is 0 Å². The van der Waals surface area contributed by atoms with E-state index in [1.54, 1.807) is 6.20 Å². The number of aromatic nitrogens is 2. The summed E-state index contributed by atoms with van der Waals surface area (Å²) in [6, 6.07) is 7.47. The molecule has 0 radical (unpaired) electrons. The van der Waals surface area contributed by atoms with E-state index in [0.717, 1.165) is 15.1 Å². The summed E-state index contributed by atoms with van der Waals surface area (Å²) in [5.41, 5.74) is 1.15. The summed E-state index contributed by atoms with van der Waals surface area (Å²) in [7, 11) is 0. The number of hydrogen-bond acceptors (Lipinski definition) is 3. The smallest absolute Gasteiger partial charge is 0.275 e. The molecule has 0 bridgehead atoms. The number of halogens is 1. The van der Waals surface area contributed by atoms with Crippen LogP contribution in [0.4, 0.5) is 5.69 Å². The number of thiazole rings is 1. The average molecular weight is 322 g/mol. The van der Waals surface area contributed by atoms with Gasteiger partial charge in [-0.05, 0) is 28.1 Å². The Morgan fingerprint density at radius 2 is 2.22 bits per heavy atom. The van der Waals surface area contributed by atoms with Crippen LogP contribution in [0, 0.1) is 0 Å². The third-order valence-electron chi connectivity index (χ3n) is 2.45. The highest BCUT2D eigenvalue weighted by Gasteiger charge is 2.12. The fourth-order valence-corrected chi connectivity index (χ4v) is 2.67. The molecule has 0 fully saturated rings. The van der Waals surface area contributed by atoms with Crippen LogP contribution in [0.5, 0.6) is 0 Å². The van der Waals surface area contributed by atoms with Crippen LogP contribution < -0.4 is 5.32 Å². The van der Waals surface area contributed by atoms with Gasteiger partial charge in [0.25, 0.3) is 5.91 Å². The minimum absolute atomic E-state index is 0.210. The van der Waals surface area contributed by atoms with Gasteiger partial charge in [-0.15, -0.1) is 11.3 Å². The topological polar surface area (TPSA) is 46.4 Å². The molecule has 1 aromatic carbocycles. The number of amides is 1. The minimum atomic E-state index is -0.210. The normalized spacial score (nSPS) is 10.7. The number of fused-ring (bicyclic) bond motifs is 1. The molecule has 3 rings (SSSR count). The Balaban J connectivity index is 1.87. The van der Waals surface area contributed by atoms with Crippen LogP contribution in [0.1, 0.15) is 10.5 Å². The number of hydrogen-bond donors (Lipinski definition) is 1. The second-order valence-corrected chi connectivity index (χ2v) is 5.38. The van der Waals surface area contributed by atoms with Crippen molar-refractivity contribution in [3.63, 3.8) is 0 Å². The van der Waals surface area contributed by atoms with E-state index in [4.69, 9.17) is 0 Å². The molecule has 0 spiro atoms. The molecule has 90 valence electrons. The maximum atomic E-state index is 12.0. The van der Waals surface area contributed by atoms with E-state index in [9.17, 15) is 4.79 Å². The molecule has 0 saturated carbocycles. The van der Waals surface area contributed by atoms with E-state index >= 15 is 0 Å². The van der Waals surface area contributed by atoms with Gasteiger partial charge in [0, 0.05) is 22.2 Å². The first-order valence-electron chi connectivity index (χ1n) is 5.22. The van der Waals surface area contributed by atoms with E-state index in [1.807, 2.05) is 40.2 Å². The van der Waals surface area contributed by atoms with Crippen LogP contribution in [0.25, 0.3) is 4.96 Å². The fraction of sp³-hybridized carbons (Fsp3) is 0. The van der Waals surface area contributed by atoms with E-state index in [0.29, 0.717) is 5.69 Å². The van der Waals surface area contributed by atoms with Crippen LogP contribution in [0.15, 0.2) is 46.5 Å². The number of anilines is 1. The maximum Gasteiger partial charge on any atom is 0.275 e. The highest BCUT2D eigenvalue weighted by atomic mass is 79.9. The molecule has 2 aromatic heterocycles. The zero-order valence-electron chi connectivity index (χ0n) is 9.13. The summed E-state index contributed by atoms with van der Waals surface area (Å²) in [6.07, 6.45) is 3.60. The van der Waals surface area contributed by atoms with Crippen molar-refractivity contribution >= 4 is 43.8 Å². The second kappa shape index (κ2) is 4.55. The van der Waals surface area contributed by atoms with Gasteiger partial charge in [0.1, 0.15) is 5.69 Å². The molecule has 1 amide bonds. The van der Waals surface area contributed by atoms with Gasteiger partial charge in [0.2, 0.25) is 0 Å². The third kappa shape index (κ3) is 2.04. The molecule has 0 saturated heterocycles. The molecular formula is C12H8BrN3OS. The van der Waals surface area contributed by atoms with Crippen molar-refractivity contribution in [1.29, 1.82) is 0 Å².